The average Bonchev–Trinajstić information content (AvgIpc) is 2.32. The second kappa shape index (κ2) is 4.80. The molecule has 1 aliphatic heterocycles. The molecule has 1 aromatic rings. The second-order valence-corrected chi connectivity index (χ2v) is 4.42. The van der Waals surface area contributed by atoms with E-state index in [0.29, 0.717) is 6.04 Å². The molecule has 0 amide bonds. The van der Waals surface area contributed by atoms with E-state index in [2.05, 4.69) is 28.8 Å². The Morgan fingerprint density at radius 1 is 1.50 bits per heavy atom. The molecule has 16 heavy (non-hydrogen) atoms. The van der Waals surface area contributed by atoms with Gasteiger partial charge in [-0.1, -0.05) is 6.07 Å². The molecular formula is C12H19N3O. The van der Waals surface area contributed by atoms with Crippen LogP contribution in [0.4, 0.5) is 5.82 Å². The maximum Gasteiger partial charge on any atom is 0.134 e. The topological polar surface area (TPSA) is 39.6 Å². The van der Waals surface area contributed by atoms with Crippen molar-refractivity contribution < 1.29 is 5.11 Å². The predicted octanol–water partition coefficient (Wildman–Crippen LogP) is 0.714. The number of anilines is 1. The van der Waals surface area contributed by atoms with Crippen molar-refractivity contribution in [2.45, 2.75) is 19.6 Å². The third-order valence-electron chi connectivity index (χ3n) is 3.30. The minimum absolute atomic E-state index is 0.0594. The van der Waals surface area contributed by atoms with Crippen LogP contribution in [0.2, 0.25) is 0 Å². The lowest BCUT2D eigenvalue weighted by Gasteiger charge is -2.38. The summed E-state index contributed by atoms with van der Waals surface area (Å²) < 4.78 is 0. The van der Waals surface area contributed by atoms with E-state index in [4.69, 9.17) is 0 Å². The SMILES string of the molecule is CC1CN(c2ncccc2CO)CCN1C. The highest BCUT2D eigenvalue weighted by atomic mass is 16.3. The van der Waals surface area contributed by atoms with Gasteiger partial charge in [-0.25, -0.2) is 4.98 Å². The molecule has 1 fully saturated rings. The number of hydrogen-bond acceptors (Lipinski definition) is 4. The summed E-state index contributed by atoms with van der Waals surface area (Å²) in [5, 5.41) is 9.29. The molecule has 1 atom stereocenters. The summed E-state index contributed by atoms with van der Waals surface area (Å²) >= 11 is 0. The summed E-state index contributed by atoms with van der Waals surface area (Å²) in [4.78, 5) is 8.99. The molecule has 0 radical (unpaired) electrons. The van der Waals surface area contributed by atoms with Crippen molar-refractivity contribution in [1.29, 1.82) is 0 Å². The molecule has 2 rings (SSSR count). The summed E-state index contributed by atoms with van der Waals surface area (Å²) in [5.74, 6) is 0.935. The molecule has 0 bridgehead atoms. The Labute approximate surface area is 96.5 Å². The van der Waals surface area contributed by atoms with Crippen molar-refractivity contribution in [3.05, 3.63) is 23.9 Å². The molecule has 0 aromatic carbocycles. The van der Waals surface area contributed by atoms with E-state index >= 15 is 0 Å². The number of piperazine rings is 1. The summed E-state index contributed by atoms with van der Waals surface area (Å²) in [6.45, 7) is 5.27. The third-order valence-corrected chi connectivity index (χ3v) is 3.30. The number of aliphatic hydroxyl groups is 1. The van der Waals surface area contributed by atoms with Gasteiger partial charge in [-0.2, -0.15) is 0 Å². The number of aromatic nitrogens is 1. The van der Waals surface area contributed by atoms with Crippen LogP contribution < -0.4 is 4.90 Å². The molecule has 1 aromatic heterocycles. The largest absolute Gasteiger partial charge is 0.392 e. The fraction of sp³-hybridized carbons (Fsp3) is 0.583. The number of hydrogen-bond donors (Lipinski definition) is 1. The van der Waals surface area contributed by atoms with Gasteiger partial charge in [0, 0.05) is 37.4 Å². The standard InChI is InChI=1S/C12H19N3O/c1-10-8-15(7-6-14(10)2)12-11(9-16)4-3-5-13-12/h3-5,10,16H,6-9H2,1-2H3. The molecule has 0 aliphatic carbocycles. The van der Waals surface area contributed by atoms with Crippen LogP contribution >= 0.6 is 0 Å². The average molecular weight is 221 g/mol. The summed E-state index contributed by atoms with van der Waals surface area (Å²) in [5.41, 5.74) is 0.916. The highest BCUT2D eigenvalue weighted by Crippen LogP contribution is 2.20. The van der Waals surface area contributed by atoms with Crippen LogP contribution in [0.1, 0.15) is 12.5 Å². The lowest BCUT2D eigenvalue weighted by Crippen LogP contribution is -2.50. The van der Waals surface area contributed by atoms with E-state index < -0.39 is 0 Å². The van der Waals surface area contributed by atoms with Crippen molar-refractivity contribution >= 4 is 5.82 Å². The fourth-order valence-corrected chi connectivity index (χ4v) is 2.08. The molecule has 1 saturated heterocycles. The van der Waals surface area contributed by atoms with Crippen LogP contribution in [-0.2, 0) is 6.61 Å². The van der Waals surface area contributed by atoms with Crippen molar-refractivity contribution in [2.24, 2.45) is 0 Å². The van der Waals surface area contributed by atoms with E-state index in [1.165, 1.54) is 0 Å². The lowest BCUT2D eigenvalue weighted by atomic mass is 10.1. The molecule has 0 spiro atoms. The van der Waals surface area contributed by atoms with Crippen LogP contribution in [0.3, 0.4) is 0 Å². The van der Waals surface area contributed by atoms with Crippen LogP contribution in [0.5, 0.6) is 0 Å². The first-order chi connectivity index (χ1) is 7.72. The van der Waals surface area contributed by atoms with Crippen molar-refractivity contribution in [1.82, 2.24) is 9.88 Å². The lowest BCUT2D eigenvalue weighted by molar-refractivity contribution is 0.232. The molecule has 4 heteroatoms. The van der Waals surface area contributed by atoms with Gasteiger partial charge >= 0.3 is 0 Å². The highest BCUT2D eigenvalue weighted by Gasteiger charge is 2.22. The number of aliphatic hydroxyl groups excluding tert-OH is 1. The normalized spacial score (nSPS) is 22.4. The van der Waals surface area contributed by atoms with Gasteiger partial charge in [0.25, 0.3) is 0 Å². The van der Waals surface area contributed by atoms with Crippen molar-refractivity contribution in [2.75, 3.05) is 31.6 Å². The van der Waals surface area contributed by atoms with E-state index in [1.807, 2.05) is 12.1 Å². The first-order valence-corrected chi connectivity index (χ1v) is 5.72. The summed E-state index contributed by atoms with van der Waals surface area (Å²) in [7, 11) is 2.15. The summed E-state index contributed by atoms with van der Waals surface area (Å²) in [6.07, 6.45) is 1.79. The van der Waals surface area contributed by atoms with Gasteiger partial charge in [0.15, 0.2) is 0 Å². The van der Waals surface area contributed by atoms with Crippen LogP contribution in [0, 0.1) is 0 Å². The zero-order valence-corrected chi connectivity index (χ0v) is 9.93. The minimum atomic E-state index is 0.0594. The molecule has 88 valence electrons. The maximum absolute atomic E-state index is 9.29. The van der Waals surface area contributed by atoms with E-state index in [0.717, 1.165) is 31.0 Å². The van der Waals surface area contributed by atoms with E-state index in [9.17, 15) is 5.11 Å². The van der Waals surface area contributed by atoms with Crippen LogP contribution in [0.15, 0.2) is 18.3 Å². The minimum Gasteiger partial charge on any atom is -0.392 e. The van der Waals surface area contributed by atoms with Gasteiger partial charge < -0.3 is 14.9 Å². The Bertz CT molecular complexity index is 356. The maximum atomic E-state index is 9.29. The van der Waals surface area contributed by atoms with Crippen molar-refractivity contribution in [3.8, 4) is 0 Å². The molecule has 1 N–H and O–H groups in total. The molecule has 0 saturated carbocycles. The number of pyridine rings is 1. The van der Waals surface area contributed by atoms with Gasteiger partial charge in [0.2, 0.25) is 0 Å². The Hall–Kier alpha value is -1.13. The van der Waals surface area contributed by atoms with Gasteiger partial charge in [-0.15, -0.1) is 0 Å². The number of nitrogens with zero attached hydrogens (tertiary/aromatic N) is 3. The molecule has 1 unspecified atom stereocenters. The Morgan fingerprint density at radius 3 is 3.00 bits per heavy atom. The van der Waals surface area contributed by atoms with Gasteiger partial charge in [-0.3, -0.25) is 0 Å². The molecule has 4 nitrogen and oxygen atoms in total. The zero-order valence-electron chi connectivity index (χ0n) is 9.93. The van der Waals surface area contributed by atoms with Gasteiger partial charge in [0.1, 0.15) is 5.82 Å². The van der Waals surface area contributed by atoms with Crippen LogP contribution in [0.25, 0.3) is 0 Å². The first-order valence-electron chi connectivity index (χ1n) is 5.72. The zero-order chi connectivity index (χ0) is 11.5. The van der Waals surface area contributed by atoms with Gasteiger partial charge in [-0.05, 0) is 20.0 Å². The van der Waals surface area contributed by atoms with Crippen LogP contribution in [-0.4, -0.2) is 47.7 Å². The predicted molar refractivity (Wildman–Crippen MR) is 64.5 cm³/mol. The van der Waals surface area contributed by atoms with Gasteiger partial charge in [0.05, 0.1) is 6.61 Å². The van der Waals surface area contributed by atoms with E-state index in [1.54, 1.807) is 6.20 Å². The monoisotopic (exact) mass is 221 g/mol. The first kappa shape index (κ1) is 11.4. The Balaban J connectivity index is 2.18. The molecule has 1 aliphatic rings. The molecule has 2 heterocycles. The number of rotatable bonds is 2. The molecular weight excluding hydrogens is 202 g/mol. The number of likely N-dealkylation sites (N-methyl/N-ethyl adjacent to an activating group) is 1. The summed E-state index contributed by atoms with van der Waals surface area (Å²) in [6, 6.07) is 4.34. The van der Waals surface area contributed by atoms with E-state index in [-0.39, 0.29) is 6.61 Å². The van der Waals surface area contributed by atoms with Crippen molar-refractivity contribution in [3.63, 3.8) is 0 Å². The quantitative estimate of drug-likeness (QED) is 0.798. The third kappa shape index (κ3) is 2.18. The fourth-order valence-electron chi connectivity index (χ4n) is 2.08. The Kier molecular flexibility index (Phi) is 3.41. The Morgan fingerprint density at radius 2 is 2.31 bits per heavy atom. The smallest absolute Gasteiger partial charge is 0.134 e. The highest BCUT2D eigenvalue weighted by molar-refractivity contribution is 5.47. The second-order valence-electron chi connectivity index (χ2n) is 4.42.